The lowest BCUT2D eigenvalue weighted by atomic mass is 9.92. The van der Waals surface area contributed by atoms with Gasteiger partial charge in [0.25, 0.3) is 5.91 Å². The van der Waals surface area contributed by atoms with Crippen LogP contribution in [-0.2, 0) is 4.79 Å². The molecule has 4 nitrogen and oxygen atoms in total. The second kappa shape index (κ2) is 7.21. The van der Waals surface area contributed by atoms with Crippen molar-refractivity contribution in [2.75, 3.05) is 5.32 Å². The molecule has 3 rings (SSSR count). The van der Waals surface area contributed by atoms with Crippen molar-refractivity contribution in [2.45, 2.75) is 19.9 Å². The molecule has 3 N–H and O–H groups in total. The molecule has 26 heavy (non-hydrogen) atoms. The minimum atomic E-state index is -1.02. The van der Waals surface area contributed by atoms with Gasteiger partial charge < -0.3 is 16.0 Å². The maximum atomic E-state index is 13.4. The van der Waals surface area contributed by atoms with Crippen LogP contribution in [0.3, 0.4) is 0 Å². The van der Waals surface area contributed by atoms with E-state index in [1.807, 2.05) is 31.2 Å². The van der Waals surface area contributed by atoms with Crippen LogP contribution in [0.1, 0.15) is 24.1 Å². The number of nitrogens with one attached hydrogen (secondary N) is 3. The average molecular weight is 373 g/mol. The number of hydrogen-bond acceptors (Lipinski definition) is 2. The summed E-state index contributed by atoms with van der Waals surface area (Å²) in [6.45, 7) is 3.70. The van der Waals surface area contributed by atoms with Crippen LogP contribution in [0, 0.1) is 18.6 Å². The van der Waals surface area contributed by atoms with Gasteiger partial charge in [0.1, 0.15) is 0 Å². The Kier molecular flexibility index (Phi) is 4.99. The predicted molar refractivity (Wildman–Crippen MR) is 100 cm³/mol. The fraction of sp³-hybridized carbons (Fsp3) is 0.158. The lowest BCUT2D eigenvalue weighted by Crippen LogP contribution is -2.46. The van der Waals surface area contributed by atoms with Gasteiger partial charge in [-0.15, -0.1) is 0 Å². The van der Waals surface area contributed by atoms with Crippen molar-refractivity contribution in [3.05, 3.63) is 76.5 Å². The van der Waals surface area contributed by atoms with Gasteiger partial charge >= 0.3 is 0 Å². The molecule has 0 bridgehead atoms. The third-order valence-electron chi connectivity index (χ3n) is 4.19. The van der Waals surface area contributed by atoms with Gasteiger partial charge in [-0.2, -0.15) is 0 Å². The fourth-order valence-electron chi connectivity index (χ4n) is 2.91. The smallest absolute Gasteiger partial charge is 0.255 e. The van der Waals surface area contributed by atoms with Gasteiger partial charge in [0, 0.05) is 17.5 Å². The SMILES string of the molecule is CC1=C(C(=O)Nc2ccc(F)c(F)c2)[C@H](c2ccccc2C)NC(=S)N1. The molecule has 0 spiro atoms. The van der Waals surface area contributed by atoms with Crippen molar-refractivity contribution >= 4 is 28.9 Å². The molecule has 2 aromatic carbocycles. The van der Waals surface area contributed by atoms with Crippen LogP contribution in [0.2, 0.25) is 0 Å². The Morgan fingerprint density at radius 1 is 1.12 bits per heavy atom. The molecule has 0 radical (unpaired) electrons. The average Bonchev–Trinajstić information content (AvgIpc) is 2.57. The van der Waals surface area contributed by atoms with Crippen molar-refractivity contribution < 1.29 is 13.6 Å². The fourth-order valence-corrected chi connectivity index (χ4v) is 3.18. The molecule has 0 aliphatic carbocycles. The highest BCUT2D eigenvalue weighted by atomic mass is 32.1. The number of aryl methyl sites for hydroxylation is 1. The molecule has 0 aromatic heterocycles. The monoisotopic (exact) mass is 373 g/mol. The Labute approximate surface area is 155 Å². The topological polar surface area (TPSA) is 53.2 Å². The van der Waals surface area contributed by atoms with E-state index in [4.69, 9.17) is 12.2 Å². The van der Waals surface area contributed by atoms with E-state index in [0.29, 0.717) is 16.4 Å². The van der Waals surface area contributed by atoms with Crippen molar-refractivity contribution in [2.24, 2.45) is 0 Å². The molecule has 1 aliphatic rings. The first kappa shape index (κ1) is 18.0. The summed E-state index contributed by atoms with van der Waals surface area (Å²) >= 11 is 5.22. The standard InChI is InChI=1S/C19H17F2N3OS/c1-10-5-3-4-6-13(10)17-16(11(2)22-19(26)24-17)18(25)23-12-7-8-14(20)15(21)9-12/h3-9,17H,1-2H3,(H,23,25)(H2,22,24,26)/t17-/m0/s1. The van der Waals surface area contributed by atoms with Crippen LogP contribution < -0.4 is 16.0 Å². The normalized spacial score (nSPS) is 16.8. The number of allylic oxidation sites excluding steroid dienone is 1. The number of benzene rings is 2. The van der Waals surface area contributed by atoms with E-state index in [2.05, 4.69) is 16.0 Å². The summed E-state index contributed by atoms with van der Waals surface area (Å²) < 4.78 is 26.5. The molecule has 7 heteroatoms. The Balaban J connectivity index is 1.97. The minimum Gasteiger partial charge on any atom is -0.351 e. The predicted octanol–water partition coefficient (Wildman–Crippen LogP) is 3.70. The van der Waals surface area contributed by atoms with Crippen LogP contribution in [0.4, 0.5) is 14.5 Å². The Morgan fingerprint density at radius 3 is 2.54 bits per heavy atom. The summed E-state index contributed by atoms with van der Waals surface area (Å²) in [4.78, 5) is 12.9. The lowest BCUT2D eigenvalue weighted by molar-refractivity contribution is -0.113. The van der Waals surface area contributed by atoms with Crippen molar-refractivity contribution in [1.29, 1.82) is 0 Å². The zero-order chi connectivity index (χ0) is 18.8. The van der Waals surface area contributed by atoms with Gasteiger partial charge in [-0.25, -0.2) is 8.78 Å². The van der Waals surface area contributed by atoms with E-state index < -0.39 is 23.6 Å². The quantitative estimate of drug-likeness (QED) is 0.718. The van der Waals surface area contributed by atoms with E-state index in [0.717, 1.165) is 23.3 Å². The number of carbonyl (C=O) groups is 1. The van der Waals surface area contributed by atoms with Crippen LogP contribution in [0.15, 0.2) is 53.7 Å². The zero-order valence-corrected chi connectivity index (χ0v) is 15.0. The van der Waals surface area contributed by atoms with Gasteiger partial charge in [-0.1, -0.05) is 24.3 Å². The number of halogens is 2. The largest absolute Gasteiger partial charge is 0.351 e. The number of rotatable bonds is 3. The van der Waals surface area contributed by atoms with E-state index in [9.17, 15) is 13.6 Å². The van der Waals surface area contributed by atoms with Gasteiger partial charge in [0.2, 0.25) is 0 Å². The maximum Gasteiger partial charge on any atom is 0.255 e. The summed E-state index contributed by atoms with van der Waals surface area (Å²) in [7, 11) is 0. The first-order valence-electron chi connectivity index (χ1n) is 7.97. The van der Waals surface area contributed by atoms with E-state index >= 15 is 0 Å². The Bertz CT molecular complexity index is 927. The first-order valence-corrected chi connectivity index (χ1v) is 8.38. The molecule has 0 saturated heterocycles. The molecule has 1 amide bonds. The molecule has 2 aromatic rings. The minimum absolute atomic E-state index is 0.172. The Hall–Kier alpha value is -2.80. The zero-order valence-electron chi connectivity index (χ0n) is 14.2. The maximum absolute atomic E-state index is 13.4. The van der Waals surface area contributed by atoms with E-state index in [-0.39, 0.29) is 5.69 Å². The van der Waals surface area contributed by atoms with Gasteiger partial charge in [0.15, 0.2) is 16.7 Å². The number of anilines is 1. The van der Waals surface area contributed by atoms with Crippen LogP contribution >= 0.6 is 12.2 Å². The molecule has 0 saturated carbocycles. The third-order valence-corrected chi connectivity index (χ3v) is 4.41. The summed E-state index contributed by atoms with van der Waals surface area (Å²) in [5.74, 6) is -2.42. The van der Waals surface area contributed by atoms with Crippen molar-refractivity contribution in [1.82, 2.24) is 10.6 Å². The molecule has 1 heterocycles. The number of hydrogen-bond donors (Lipinski definition) is 3. The molecule has 1 atom stereocenters. The molecule has 1 aliphatic heterocycles. The van der Waals surface area contributed by atoms with Gasteiger partial charge in [-0.3, -0.25) is 4.79 Å². The number of carbonyl (C=O) groups excluding carboxylic acids is 1. The molecular weight excluding hydrogens is 356 g/mol. The summed E-state index contributed by atoms with van der Waals surface area (Å²) in [5.41, 5.74) is 3.11. The highest BCUT2D eigenvalue weighted by Gasteiger charge is 2.30. The van der Waals surface area contributed by atoms with Crippen LogP contribution in [0.5, 0.6) is 0 Å². The van der Waals surface area contributed by atoms with Gasteiger partial charge in [-0.05, 0) is 49.3 Å². The molecule has 0 unspecified atom stereocenters. The number of amides is 1. The van der Waals surface area contributed by atoms with Gasteiger partial charge in [0.05, 0.1) is 11.6 Å². The van der Waals surface area contributed by atoms with Crippen molar-refractivity contribution in [3.63, 3.8) is 0 Å². The highest BCUT2D eigenvalue weighted by Crippen LogP contribution is 2.29. The van der Waals surface area contributed by atoms with Crippen molar-refractivity contribution in [3.8, 4) is 0 Å². The molecular formula is C19H17F2N3OS. The summed E-state index contributed by atoms with van der Waals surface area (Å²) in [6.07, 6.45) is 0. The Morgan fingerprint density at radius 2 is 1.85 bits per heavy atom. The second-order valence-electron chi connectivity index (χ2n) is 6.01. The van der Waals surface area contributed by atoms with Crippen LogP contribution in [0.25, 0.3) is 0 Å². The molecule has 134 valence electrons. The summed E-state index contributed by atoms with van der Waals surface area (Å²) in [6, 6.07) is 10.4. The third kappa shape index (κ3) is 3.57. The van der Waals surface area contributed by atoms with Crippen LogP contribution in [-0.4, -0.2) is 11.0 Å². The van der Waals surface area contributed by atoms with E-state index in [1.165, 1.54) is 6.07 Å². The highest BCUT2D eigenvalue weighted by molar-refractivity contribution is 7.80. The number of thiocarbonyl (C=S) groups is 1. The molecule has 0 fully saturated rings. The summed E-state index contributed by atoms with van der Waals surface area (Å²) in [5, 5.41) is 9.08. The second-order valence-corrected chi connectivity index (χ2v) is 6.42. The van der Waals surface area contributed by atoms with E-state index in [1.54, 1.807) is 6.92 Å². The lowest BCUT2D eigenvalue weighted by Gasteiger charge is -2.31. The first-order chi connectivity index (χ1) is 12.4.